The molecule has 0 aromatic rings. The van der Waals surface area contributed by atoms with Gasteiger partial charge in [0.1, 0.15) is 5.71 Å². The van der Waals surface area contributed by atoms with Crippen LogP contribution >= 0.6 is 0 Å². The monoisotopic (exact) mass is 428 g/mol. The summed E-state index contributed by atoms with van der Waals surface area (Å²) in [5.41, 5.74) is 2.86. The molecule has 0 spiro atoms. The lowest BCUT2D eigenvalue weighted by Gasteiger charge is -2.31. The molecule has 0 rings (SSSR count). The molecule has 0 aromatic carbocycles. The molecule has 27 heavy (non-hydrogen) atoms. The highest BCUT2D eigenvalue weighted by Crippen LogP contribution is 2.13. The first kappa shape index (κ1) is 26.1. The first-order valence-electron chi connectivity index (χ1n) is 9.84. The molecule has 0 aliphatic rings. The standard InChI is InChI=1S/C18H44N6Si3/c1-15-17(20-23(4)26(9,10)11)18(21-24(5)27(12,13)14)16(2)19-22(3)25(6,7)8/h15H2,1-14H3. The quantitative estimate of drug-likeness (QED) is 0.301. The molecule has 0 N–H and O–H groups in total. The van der Waals surface area contributed by atoms with Crippen LogP contribution in [0.2, 0.25) is 58.9 Å². The van der Waals surface area contributed by atoms with Gasteiger partial charge < -0.3 is 14.0 Å². The smallest absolute Gasteiger partial charge is 0.169 e. The molecule has 9 heteroatoms. The second kappa shape index (κ2) is 9.51. The molecule has 0 bridgehead atoms. The summed E-state index contributed by atoms with van der Waals surface area (Å²) in [5, 5.41) is 14.9. The minimum Gasteiger partial charge on any atom is -0.327 e. The zero-order valence-corrected chi connectivity index (χ0v) is 23.4. The second-order valence-corrected chi connectivity index (χ2v) is 25.1. The fourth-order valence-corrected chi connectivity index (χ4v) is 2.95. The Morgan fingerprint density at radius 3 is 1.30 bits per heavy atom. The van der Waals surface area contributed by atoms with Crippen molar-refractivity contribution in [3.05, 3.63) is 0 Å². The third-order valence-electron chi connectivity index (χ3n) is 4.68. The molecule has 0 radical (unpaired) electrons. The van der Waals surface area contributed by atoms with Crippen LogP contribution in [0.15, 0.2) is 15.3 Å². The van der Waals surface area contributed by atoms with Crippen LogP contribution in [0.3, 0.4) is 0 Å². The fraction of sp³-hybridized carbons (Fsp3) is 0.833. The van der Waals surface area contributed by atoms with Gasteiger partial charge in [-0.15, -0.1) is 0 Å². The fourth-order valence-electron chi connectivity index (χ4n) is 1.68. The number of hydrogen-bond donors (Lipinski definition) is 0. The lowest BCUT2D eigenvalue weighted by atomic mass is 10.1. The molecule has 158 valence electrons. The Morgan fingerprint density at radius 1 is 0.630 bits per heavy atom. The zero-order chi connectivity index (χ0) is 21.8. The predicted octanol–water partition coefficient (Wildman–Crippen LogP) is 4.78. The number of hydrogen-bond acceptors (Lipinski definition) is 6. The summed E-state index contributed by atoms with van der Waals surface area (Å²) in [6.07, 6.45) is 0.830. The van der Waals surface area contributed by atoms with Crippen molar-refractivity contribution in [2.24, 2.45) is 15.3 Å². The minimum absolute atomic E-state index is 0.830. The summed E-state index contributed by atoms with van der Waals surface area (Å²) in [4.78, 5) is 0. The van der Waals surface area contributed by atoms with E-state index in [-0.39, 0.29) is 0 Å². The molecule has 6 nitrogen and oxygen atoms in total. The lowest BCUT2D eigenvalue weighted by Crippen LogP contribution is -2.44. The molecule has 0 aliphatic carbocycles. The van der Waals surface area contributed by atoms with E-state index in [4.69, 9.17) is 15.3 Å². The highest BCUT2D eigenvalue weighted by Gasteiger charge is 2.25. The summed E-state index contributed by atoms with van der Waals surface area (Å²) in [6, 6.07) is 0. The van der Waals surface area contributed by atoms with Gasteiger partial charge in [-0.25, -0.2) is 0 Å². The van der Waals surface area contributed by atoms with Gasteiger partial charge >= 0.3 is 0 Å². The average Bonchev–Trinajstić information content (AvgIpc) is 2.46. The van der Waals surface area contributed by atoms with Gasteiger partial charge in [0.15, 0.2) is 24.7 Å². The molecule has 0 heterocycles. The highest BCUT2D eigenvalue weighted by molar-refractivity contribution is 6.75. The Balaban J connectivity index is 6.33. The van der Waals surface area contributed by atoms with Crippen LogP contribution < -0.4 is 0 Å². The summed E-state index contributed by atoms with van der Waals surface area (Å²) < 4.78 is 6.45. The summed E-state index contributed by atoms with van der Waals surface area (Å²) in [7, 11) is 1.66. The van der Waals surface area contributed by atoms with E-state index in [2.05, 4.69) is 108 Å². The summed E-state index contributed by atoms with van der Waals surface area (Å²) in [6.45, 7) is 24.9. The maximum absolute atomic E-state index is 5.02. The number of nitrogens with zero attached hydrogens (tertiary/aromatic N) is 6. The average molecular weight is 429 g/mol. The van der Waals surface area contributed by atoms with Gasteiger partial charge in [0, 0.05) is 21.1 Å². The summed E-state index contributed by atoms with van der Waals surface area (Å²) in [5.74, 6) is 0. The highest BCUT2D eigenvalue weighted by atomic mass is 28.3. The van der Waals surface area contributed by atoms with Crippen molar-refractivity contribution in [2.45, 2.75) is 79.2 Å². The van der Waals surface area contributed by atoms with Crippen molar-refractivity contribution in [3.8, 4) is 0 Å². The Morgan fingerprint density at radius 2 is 0.963 bits per heavy atom. The number of hydrazone groups is 3. The van der Waals surface area contributed by atoms with Crippen molar-refractivity contribution in [2.75, 3.05) is 21.1 Å². The normalized spacial score (nSPS) is 15.1. The maximum atomic E-state index is 5.02. The van der Waals surface area contributed by atoms with Crippen LogP contribution in [0, 0.1) is 0 Å². The Hall–Kier alpha value is -0.939. The molecule has 0 fully saturated rings. The van der Waals surface area contributed by atoms with Gasteiger partial charge in [0.05, 0.1) is 11.4 Å². The minimum atomic E-state index is -1.56. The van der Waals surface area contributed by atoms with Crippen LogP contribution in [0.5, 0.6) is 0 Å². The topological polar surface area (TPSA) is 46.8 Å². The molecular weight excluding hydrogens is 384 g/mol. The molecule has 0 aromatic heterocycles. The molecule has 0 amide bonds. The predicted molar refractivity (Wildman–Crippen MR) is 132 cm³/mol. The van der Waals surface area contributed by atoms with Crippen molar-refractivity contribution in [1.29, 1.82) is 0 Å². The van der Waals surface area contributed by atoms with Crippen LogP contribution in [0.4, 0.5) is 0 Å². The Kier molecular flexibility index (Phi) is 9.18. The Bertz CT molecular complexity index is 579. The van der Waals surface area contributed by atoms with E-state index in [1.54, 1.807) is 0 Å². The van der Waals surface area contributed by atoms with E-state index in [1.165, 1.54) is 0 Å². The van der Waals surface area contributed by atoms with Gasteiger partial charge in [-0.05, 0) is 13.3 Å². The molecule has 0 saturated carbocycles. The first-order valence-corrected chi connectivity index (χ1v) is 20.2. The van der Waals surface area contributed by atoms with Crippen LogP contribution in [0.25, 0.3) is 0 Å². The lowest BCUT2D eigenvalue weighted by molar-refractivity contribution is 0.540. The van der Waals surface area contributed by atoms with E-state index in [1.807, 2.05) is 0 Å². The second-order valence-electron chi connectivity index (χ2n) is 10.1. The first-order chi connectivity index (χ1) is 11.9. The third-order valence-corrected chi connectivity index (χ3v) is 10.8. The van der Waals surface area contributed by atoms with E-state index < -0.39 is 24.7 Å². The SMILES string of the molecule is CCC(=NN(C)[Si](C)(C)C)C(=NN(C)[Si](C)(C)C)C(C)=NN(C)[Si](C)(C)C. The summed E-state index contributed by atoms with van der Waals surface area (Å²) >= 11 is 0. The number of rotatable bonds is 9. The van der Waals surface area contributed by atoms with E-state index in [0.29, 0.717) is 0 Å². The van der Waals surface area contributed by atoms with Gasteiger partial charge in [-0.2, -0.15) is 15.3 Å². The van der Waals surface area contributed by atoms with Crippen molar-refractivity contribution in [1.82, 2.24) is 14.0 Å². The van der Waals surface area contributed by atoms with E-state index in [0.717, 1.165) is 23.6 Å². The van der Waals surface area contributed by atoms with Crippen molar-refractivity contribution >= 4 is 41.8 Å². The van der Waals surface area contributed by atoms with Crippen LogP contribution in [-0.4, -0.2) is 77.0 Å². The van der Waals surface area contributed by atoms with Gasteiger partial charge in [0.25, 0.3) is 0 Å². The maximum Gasteiger partial charge on any atom is 0.169 e. The van der Waals surface area contributed by atoms with E-state index in [9.17, 15) is 0 Å². The van der Waals surface area contributed by atoms with Gasteiger partial charge in [0.2, 0.25) is 0 Å². The van der Waals surface area contributed by atoms with Crippen molar-refractivity contribution < 1.29 is 0 Å². The Labute approximate surface area is 171 Å². The van der Waals surface area contributed by atoms with E-state index >= 15 is 0 Å². The molecule has 0 atom stereocenters. The largest absolute Gasteiger partial charge is 0.327 e. The molecule has 0 aliphatic heterocycles. The van der Waals surface area contributed by atoms with Crippen LogP contribution in [0.1, 0.15) is 20.3 Å². The third kappa shape index (κ3) is 8.73. The molecular formula is C18H44N6Si3. The zero-order valence-electron chi connectivity index (χ0n) is 20.4. The van der Waals surface area contributed by atoms with Crippen LogP contribution in [-0.2, 0) is 0 Å². The molecule has 0 saturated heterocycles. The molecule has 0 unspecified atom stereocenters. The van der Waals surface area contributed by atoms with Gasteiger partial charge in [-0.3, -0.25) is 0 Å². The van der Waals surface area contributed by atoms with Crippen molar-refractivity contribution in [3.63, 3.8) is 0 Å². The van der Waals surface area contributed by atoms with Gasteiger partial charge in [-0.1, -0.05) is 65.8 Å².